The van der Waals surface area contributed by atoms with Crippen molar-refractivity contribution in [1.29, 1.82) is 0 Å². The molecule has 0 rings (SSSR count). The molecule has 17 heavy (non-hydrogen) atoms. The average molecular weight is 244 g/mol. The fourth-order valence-corrected chi connectivity index (χ4v) is 1.69. The van der Waals surface area contributed by atoms with Crippen LogP contribution in [0.1, 0.15) is 39.5 Å². The van der Waals surface area contributed by atoms with Crippen molar-refractivity contribution in [1.82, 2.24) is 10.6 Å². The standard InChI is InChI=1S/C13H28N2O2/c1-4-6-7-12(5-2)13(16)15-9-8-14-10-11-17-3/h12,14H,4-11H2,1-3H3,(H,15,16). The SMILES string of the molecule is CCCCC(CC)C(=O)NCCNCCOC. The first-order valence-corrected chi connectivity index (χ1v) is 6.73. The Labute approximate surface area is 105 Å². The number of nitrogens with one attached hydrogen (secondary N) is 2. The number of methoxy groups -OCH3 is 1. The predicted octanol–water partition coefficient (Wildman–Crippen LogP) is 1.55. The van der Waals surface area contributed by atoms with Crippen LogP contribution in [-0.4, -0.2) is 39.3 Å². The third-order valence-electron chi connectivity index (χ3n) is 2.85. The van der Waals surface area contributed by atoms with Gasteiger partial charge in [0.05, 0.1) is 6.61 Å². The lowest BCUT2D eigenvalue weighted by molar-refractivity contribution is -0.125. The molecule has 0 saturated heterocycles. The Morgan fingerprint density at radius 3 is 2.59 bits per heavy atom. The Balaban J connectivity index is 3.54. The zero-order valence-electron chi connectivity index (χ0n) is 11.6. The van der Waals surface area contributed by atoms with Crippen LogP contribution in [0.4, 0.5) is 0 Å². The van der Waals surface area contributed by atoms with Crippen LogP contribution in [0.2, 0.25) is 0 Å². The highest BCUT2D eigenvalue weighted by Gasteiger charge is 2.14. The van der Waals surface area contributed by atoms with Crippen molar-refractivity contribution >= 4 is 5.91 Å². The molecule has 0 fully saturated rings. The molecule has 4 nitrogen and oxygen atoms in total. The summed E-state index contributed by atoms with van der Waals surface area (Å²) in [5, 5.41) is 6.18. The fourth-order valence-electron chi connectivity index (χ4n) is 1.69. The second kappa shape index (κ2) is 11.9. The molecule has 0 heterocycles. The quantitative estimate of drug-likeness (QED) is 0.542. The van der Waals surface area contributed by atoms with Gasteiger partial charge in [0, 0.05) is 32.7 Å². The highest BCUT2D eigenvalue weighted by molar-refractivity contribution is 5.78. The largest absolute Gasteiger partial charge is 0.383 e. The minimum absolute atomic E-state index is 0.189. The van der Waals surface area contributed by atoms with Gasteiger partial charge in [0.25, 0.3) is 0 Å². The maximum absolute atomic E-state index is 11.8. The van der Waals surface area contributed by atoms with Gasteiger partial charge in [-0.3, -0.25) is 4.79 Å². The fraction of sp³-hybridized carbons (Fsp3) is 0.923. The van der Waals surface area contributed by atoms with E-state index in [1.165, 1.54) is 0 Å². The first-order valence-electron chi connectivity index (χ1n) is 6.73. The van der Waals surface area contributed by atoms with E-state index < -0.39 is 0 Å². The van der Waals surface area contributed by atoms with Gasteiger partial charge in [0.1, 0.15) is 0 Å². The molecule has 2 N–H and O–H groups in total. The second-order valence-corrected chi connectivity index (χ2v) is 4.28. The molecule has 0 aliphatic rings. The van der Waals surface area contributed by atoms with Crippen molar-refractivity contribution in [3.8, 4) is 0 Å². The zero-order valence-corrected chi connectivity index (χ0v) is 11.6. The normalized spacial score (nSPS) is 12.4. The summed E-state index contributed by atoms with van der Waals surface area (Å²) in [7, 11) is 1.68. The van der Waals surface area contributed by atoms with Crippen molar-refractivity contribution in [2.45, 2.75) is 39.5 Å². The Hall–Kier alpha value is -0.610. The van der Waals surface area contributed by atoms with E-state index in [0.717, 1.165) is 38.8 Å². The molecule has 1 atom stereocenters. The predicted molar refractivity (Wildman–Crippen MR) is 71.1 cm³/mol. The van der Waals surface area contributed by atoms with Crippen molar-refractivity contribution in [2.75, 3.05) is 33.4 Å². The second-order valence-electron chi connectivity index (χ2n) is 4.28. The molecule has 0 aromatic carbocycles. The molecule has 102 valence electrons. The highest BCUT2D eigenvalue weighted by Crippen LogP contribution is 2.12. The molecular weight excluding hydrogens is 216 g/mol. The number of carbonyl (C=O) groups is 1. The highest BCUT2D eigenvalue weighted by atomic mass is 16.5. The molecule has 0 radical (unpaired) electrons. The summed E-state index contributed by atoms with van der Waals surface area (Å²) < 4.78 is 4.92. The van der Waals surface area contributed by atoms with Crippen LogP contribution in [0, 0.1) is 5.92 Å². The first kappa shape index (κ1) is 16.4. The summed E-state index contributed by atoms with van der Waals surface area (Å²) in [5.41, 5.74) is 0. The summed E-state index contributed by atoms with van der Waals surface area (Å²) in [6.07, 6.45) is 4.24. The van der Waals surface area contributed by atoms with Gasteiger partial charge in [0.15, 0.2) is 0 Å². The van der Waals surface area contributed by atoms with E-state index in [2.05, 4.69) is 24.5 Å². The van der Waals surface area contributed by atoms with Gasteiger partial charge < -0.3 is 15.4 Å². The minimum atomic E-state index is 0.189. The van der Waals surface area contributed by atoms with Crippen molar-refractivity contribution in [2.24, 2.45) is 5.92 Å². The summed E-state index contributed by atoms with van der Waals surface area (Å²) in [6.45, 7) is 7.28. The van der Waals surface area contributed by atoms with E-state index in [9.17, 15) is 4.79 Å². The van der Waals surface area contributed by atoms with Gasteiger partial charge >= 0.3 is 0 Å². The summed E-state index contributed by atoms with van der Waals surface area (Å²) in [4.78, 5) is 11.8. The monoisotopic (exact) mass is 244 g/mol. The van der Waals surface area contributed by atoms with E-state index in [1.807, 2.05) is 0 Å². The van der Waals surface area contributed by atoms with Gasteiger partial charge in [-0.05, 0) is 12.8 Å². The minimum Gasteiger partial charge on any atom is -0.383 e. The number of carbonyl (C=O) groups excluding carboxylic acids is 1. The first-order chi connectivity index (χ1) is 8.26. The summed E-state index contributed by atoms with van der Waals surface area (Å²) in [5.74, 6) is 0.392. The van der Waals surface area contributed by atoms with Crippen LogP contribution >= 0.6 is 0 Å². The molecule has 0 spiro atoms. The van der Waals surface area contributed by atoms with E-state index >= 15 is 0 Å². The van der Waals surface area contributed by atoms with E-state index in [1.54, 1.807) is 7.11 Å². The van der Waals surface area contributed by atoms with Crippen LogP contribution in [0.15, 0.2) is 0 Å². The number of hydrogen-bond donors (Lipinski definition) is 2. The third-order valence-corrected chi connectivity index (χ3v) is 2.85. The molecular formula is C13H28N2O2. The Morgan fingerprint density at radius 2 is 2.00 bits per heavy atom. The van der Waals surface area contributed by atoms with Crippen molar-refractivity contribution in [3.63, 3.8) is 0 Å². The molecule has 0 saturated carbocycles. The molecule has 0 aromatic rings. The summed E-state index contributed by atoms with van der Waals surface area (Å²) in [6, 6.07) is 0. The third kappa shape index (κ3) is 9.12. The molecule has 1 unspecified atom stereocenters. The molecule has 0 aromatic heterocycles. The molecule has 0 aliphatic carbocycles. The van der Waals surface area contributed by atoms with E-state index in [-0.39, 0.29) is 11.8 Å². The number of amides is 1. The van der Waals surface area contributed by atoms with E-state index in [4.69, 9.17) is 4.74 Å². The lowest BCUT2D eigenvalue weighted by Crippen LogP contribution is -2.36. The smallest absolute Gasteiger partial charge is 0.223 e. The zero-order chi connectivity index (χ0) is 12.9. The molecule has 0 aliphatic heterocycles. The van der Waals surface area contributed by atoms with Gasteiger partial charge in [0.2, 0.25) is 5.91 Å². The lowest BCUT2D eigenvalue weighted by Gasteiger charge is -2.14. The molecule has 0 bridgehead atoms. The van der Waals surface area contributed by atoms with Crippen LogP contribution in [0.5, 0.6) is 0 Å². The van der Waals surface area contributed by atoms with Crippen LogP contribution < -0.4 is 10.6 Å². The van der Waals surface area contributed by atoms with Gasteiger partial charge in [-0.15, -0.1) is 0 Å². The Kier molecular flexibility index (Phi) is 11.4. The van der Waals surface area contributed by atoms with Crippen LogP contribution in [0.25, 0.3) is 0 Å². The number of rotatable bonds is 11. The Morgan fingerprint density at radius 1 is 1.24 bits per heavy atom. The van der Waals surface area contributed by atoms with Crippen LogP contribution in [0.3, 0.4) is 0 Å². The van der Waals surface area contributed by atoms with Crippen molar-refractivity contribution in [3.05, 3.63) is 0 Å². The Bertz CT molecular complexity index is 186. The average Bonchev–Trinajstić information content (AvgIpc) is 2.34. The number of hydrogen-bond acceptors (Lipinski definition) is 3. The topological polar surface area (TPSA) is 50.4 Å². The molecule has 4 heteroatoms. The summed E-state index contributed by atoms with van der Waals surface area (Å²) >= 11 is 0. The molecule has 1 amide bonds. The number of ether oxygens (including phenoxy) is 1. The lowest BCUT2D eigenvalue weighted by atomic mass is 9.98. The maximum Gasteiger partial charge on any atom is 0.223 e. The maximum atomic E-state index is 11.8. The van der Waals surface area contributed by atoms with Crippen molar-refractivity contribution < 1.29 is 9.53 Å². The van der Waals surface area contributed by atoms with Crippen LogP contribution in [-0.2, 0) is 9.53 Å². The van der Waals surface area contributed by atoms with Gasteiger partial charge in [-0.2, -0.15) is 0 Å². The van der Waals surface area contributed by atoms with Gasteiger partial charge in [-0.1, -0.05) is 26.7 Å². The van der Waals surface area contributed by atoms with Gasteiger partial charge in [-0.25, -0.2) is 0 Å². The number of unbranched alkanes of at least 4 members (excludes halogenated alkanes) is 1. The van der Waals surface area contributed by atoms with E-state index in [0.29, 0.717) is 13.2 Å².